The molecule has 4 aromatic carbocycles. The number of aliphatic hydroxyl groups is 10. The van der Waals surface area contributed by atoms with Crippen LogP contribution < -0.4 is 60.7 Å². The summed E-state index contributed by atoms with van der Waals surface area (Å²) >= 11 is 0. The number of amides is 5. The van der Waals surface area contributed by atoms with Crippen LogP contribution in [0.15, 0.2) is 121 Å². The SMILES string of the molecule is CC(C)(CCCCOc1cc(-c2ccc3c(c2)OCO3)cc(-c2ccccc2)n1)CNC(=O)C(CC(=O)NCC(O)C(O)C(O)C(O)CO)NC(=O)OC(C)(C)C.CC(C)(CCCCOc1cc(-c2ccc3c(c2)OCO3)cc(-c2ccccc2)n1)CNC(=O)C(N)CC(=O)NCC(O)C(O)C(O)C(O)CO. The second-order valence-corrected chi connectivity index (χ2v) is 28.8. The summed E-state index contributed by atoms with van der Waals surface area (Å²) in [6.45, 7) is 12.0. The minimum atomic E-state index is -1.89. The van der Waals surface area contributed by atoms with E-state index in [1.54, 1.807) is 20.8 Å². The minimum absolute atomic E-state index is 0.182. The number of hydrogen-bond acceptors (Lipinski definition) is 25. The van der Waals surface area contributed by atoms with Gasteiger partial charge in [-0.25, -0.2) is 14.8 Å². The van der Waals surface area contributed by atoms with Gasteiger partial charge in [-0.05, 0) is 129 Å². The molecule has 4 heterocycles. The van der Waals surface area contributed by atoms with Crippen LogP contribution >= 0.6 is 0 Å². The normalized spacial score (nSPS) is 15.3. The lowest BCUT2D eigenvalue weighted by Gasteiger charge is -2.28. The zero-order valence-corrected chi connectivity index (χ0v) is 61.4. The van der Waals surface area contributed by atoms with Gasteiger partial charge >= 0.3 is 6.09 Å². The van der Waals surface area contributed by atoms with Gasteiger partial charge in [-0.2, -0.15) is 0 Å². The number of pyridine rings is 2. The smallest absolute Gasteiger partial charge is 0.408 e. The predicted octanol–water partition coefficient (Wildman–Crippen LogP) is 3.78. The Morgan fingerprint density at radius 2 is 0.869 bits per heavy atom. The summed E-state index contributed by atoms with van der Waals surface area (Å²) in [5.41, 5.74) is 11.6. The first-order valence-corrected chi connectivity index (χ1v) is 35.5. The van der Waals surface area contributed by atoms with Crippen LogP contribution in [-0.4, -0.2) is 223 Å². The van der Waals surface area contributed by atoms with Crippen molar-refractivity contribution in [2.45, 2.75) is 166 Å². The fraction of sp³-hybridized carbons (Fsp3) is 0.494. The molecule has 30 nitrogen and oxygen atoms in total. The first kappa shape index (κ1) is 84.9. The zero-order chi connectivity index (χ0) is 78.0. The molecule has 30 heteroatoms. The highest BCUT2D eigenvalue weighted by atomic mass is 16.7. The van der Waals surface area contributed by atoms with Gasteiger partial charge in [0, 0.05) is 49.4 Å². The molecule has 0 saturated carbocycles. The molecule has 107 heavy (non-hydrogen) atoms. The molecule has 6 aromatic rings. The lowest BCUT2D eigenvalue weighted by atomic mass is 9.87. The van der Waals surface area contributed by atoms with Gasteiger partial charge in [0.05, 0.1) is 68.9 Å². The summed E-state index contributed by atoms with van der Waals surface area (Å²) in [7, 11) is 0. The third-order valence-corrected chi connectivity index (χ3v) is 17.4. The van der Waals surface area contributed by atoms with Gasteiger partial charge in [0.15, 0.2) is 23.0 Å². The number of nitrogens with one attached hydrogen (secondary N) is 5. The number of fused-ring (bicyclic) bond motifs is 2. The third-order valence-electron chi connectivity index (χ3n) is 17.4. The van der Waals surface area contributed by atoms with Crippen molar-refractivity contribution in [2.24, 2.45) is 16.6 Å². The van der Waals surface area contributed by atoms with Crippen molar-refractivity contribution < 1.29 is 108 Å². The van der Waals surface area contributed by atoms with E-state index in [0.717, 1.165) is 70.5 Å². The van der Waals surface area contributed by atoms with Gasteiger partial charge in [-0.15, -0.1) is 0 Å². The number of carbonyl (C=O) groups excluding carboxylic acids is 5. The van der Waals surface area contributed by atoms with E-state index in [-0.39, 0.29) is 37.4 Å². The molecule has 0 aliphatic carbocycles. The molecule has 0 bridgehead atoms. The van der Waals surface area contributed by atoms with Crippen molar-refractivity contribution in [1.82, 2.24) is 36.6 Å². The highest BCUT2D eigenvalue weighted by Gasteiger charge is 2.34. The zero-order valence-electron chi connectivity index (χ0n) is 61.4. The molecule has 8 rings (SSSR count). The molecular formula is C77H104N8O22. The van der Waals surface area contributed by atoms with Crippen LogP contribution in [0.1, 0.15) is 99.8 Å². The highest BCUT2D eigenvalue weighted by molar-refractivity contribution is 5.91. The molecule has 0 spiro atoms. The van der Waals surface area contributed by atoms with Crippen molar-refractivity contribution in [3.8, 4) is 79.5 Å². The monoisotopic (exact) mass is 1490 g/mol. The maximum atomic E-state index is 13.3. The van der Waals surface area contributed by atoms with Gasteiger partial charge in [-0.1, -0.05) is 100 Å². The predicted molar refractivity (Wildman–Crippen MR) is 393 cm³/mol. The summed E-state index contributed by atoms with van der Waals surface area (Å²) in [5.74, 6) is 1.20. The van der Waals surface area contributed by atoms with Gasteiger partial charge in [-0.3, -0.25) is 19.2 Å². The average molecular weight is 1490 g/mol. The number of alkyl carbamates (subject to hydrolysis) is 1. The van der Waals surface area contributed by atoms with Gasteiger partial charge in [0.1, 0.15) is 48.3 Å². The number of benzene rings is 4. The lowest BCUT2D eigenvalue weighted by molar-refractivity contribution is -0.130. The van der Waals surface area contributed by atoms with Crippen LogP contribution in [-0.2, 0) is 23.9 Å². The topological polar surface area (TPSA) is 464 Å². The quantitative estimate of drug-likeness (QED) is 0.0244. The maximum absolute atomic E-state index is 13.3. The van der Waals surface area contributed by atoms with Crippen molar-refractivity contribution in [1.29, 1.82) is 0 Å². The second-order valence-electron chi connectivity index (χ2n) is 28.8. The number of carbonyl (C=O) groups is 5. The molecule has 0 radical (unpaired) electrons. The number of aliphatic hydroxyl groups excluding tert-OH is 10. The Labute approximate surface area is 621 Å². The Morgan fingerprint density at radius 1 is 0.467 bits per heavy atom. The van der Waals surface area contributed by atoms with Crippen LogP contribution in [0.2, 0.25) is 0 Å². The largest absolute Gasteiger partial charge is 0.478 e. The molecule has 10 atom stereocenters. The Bertz CT molecular complexity index is 3830. The van der Waals surface area contributed by atoms with Gasteiger partial charge in [0.2, 0.25) is 49.0 Å². The fourth-order valence-electron chi connectivity index (χ4n) is 11.1. The number of aromatic nitrogens is 2. The average Bonchev–Trinajstić information content (AvgIpc) is 1.78. The van der Waals surface area contributed by atoms with Gasteiger partial charge in [0.25, 0.3) is 0 Å². The van der Waals surface area contributed by atoms with E-state index in [9.17, 15) is 64.8 Å². The Balaban J connectivity index is 0.000000301. The van der Waals surface area contributed by atoms with E-state index in [1.807, 2.05) is 149 Å². The summed E-state index contributed by atoms with van der Waals surface area (Å²) in [6, 6.07) is 36.6. The highest BCUT2D eigenvalue weighted by Crippen LogP contribution is 2.40. The number of nitrogens with zero attached hydrogens (tertiary/aromatic N) is 2. The van der Waals surface area contributed by atoms with Crippen molar-refractivity contribution in [3.63, 3.8) is 0 Å². The molecule has 2 aliphatic rings. The molecular weight excluding hydrogens is 1390 g/mol. The van der Waals surface area contributed by atoms with Gasteiger partial charge < -0.3 is 117 Å². The summed E-state index contributed by atoms with van der Waals surface area (Å²) in [4.78, 5) is 73.1. The van der Waals surface area contributed by atoms with Crippen LogP contribution in [0, 0.1) is 10.8 Å². The summed E-state index contributed by atoms with van der Waals surface area (Å²) < 4.78 is 39.7. The summed E-state index contributed by atoms with van der Waals surface area (Å²) in [6.07, 6.45) is -11.4. The molecule has 0 fully saturated rings. The second kappa shape index (κ2) is 40.6. The molecule has 2 aromatic heterocycles. The van der Waals surface area contributed by atoms with Crippen LogP contribution in [0.3, 0.4) is 0 Å². The number of ether oxygens (including phenoxy) is 7. The van der Waals surface area contributed by atoms with E-state index in [2.05, 4.69) is 26.6 Å². The molecule has 10 unspecified atom stereocenters. The molecule has 17 N–H and O–H groups in total. The number of rotatable bonds is 39. The Hall–Kier alpha value is -9.31. The van der Waals surface area contributed by atoms with E-state index < -0.39 is 129 Å². The molecule has 5 amide bonds. The standard InChI is InChI=1S/C41H56N4O12.C36H48N4O10/c1-40(2,3)57-39(53)45-29(20-34(49)42-21-30(47)36(50)37(51)31(48)22-46)38(52)43-23-41(4,5)15-9-10-16-54-35-19-27(17-28(44-35)25-11-7-6-8-12-25)26-13-14-32-33(18-26)56-24-55-32;1-36(2,20-39-35(47)25(37)17-31(44)38-18-27(42)33(45)34(46)28(43)19-41)12-6-7-13-48-32-16-24(14-26(40-32)22-8-4-3-5-9-22)23-10-11-29-30(15-23)50-21-49-29/h6-8,11-14,17-19,29-31,36-37,46-48,50-51H,9-10,15-16,20-24H2,1-5H3,(H,42,49)(H,43,52)(H,45,53);3-5,8-11,14-16,25,27-28,33-34,41-43,45-46H,6-7,12-13,17-21,37H2,1-2H3,(H,38,44)(H,39,47). The minimum Gasteiger partial charge on any atom is -0.478 e. The Morgan fingerprint density at radius 3 is 1.29 bits per heavy atom. The van der Waals surface area contributed by atoms with Crippen LogP contribution in [0.5, 0.6) is 34.8 Å². The molecule has 0 saturated heterocycles. The number of unbranched alkanes of at least 4 members (excludes halogenated alkanes) is 2. The first-order valence-electron chi connectivity index (χ1n) is 35.5. The fourth-order valence-corrected chi connectivity index (χ4v) is 11.1. The maximum Gasteiger partial charge on any atom is 0.408 e. The lowest BCUT2D eigenvalue weighted by Crippen LogP contribution is -2.53. The van der Waals surface area contributed by atoms with E-state index in [1.165, 1.54) is 0 Å². The van der Waals surface area contributed by atoms with Crippen molar-refractivity contribution in [3.05, 3.63) is 121 Å². The van der Waals surface area contributed by atoms with Crippen molar-refractivity contribution >= 4 is 29.7 Å². The number of hydrogen-bond donors (Lipinski definition) is 16. The first-order chi connectivity index (χ1) is 50.8. The van der Waals surface area contributed by atoms with E-state index >= 15 is 0 Å². The molecule has 2 aliphatic heterocycles. The number of nitrogens with two attached hydrogens (primary N) is 1. The van der Waals surface area contributed by atoms with E-state index in [0.29, 0.717) is 67.4 Å². The summed E-state index contributed by atoms with van der Waals surface area (Å²) in [5, 5.41) is 109. The Kier molecular flexibility index (Phi) is 32.2. The third kappa shape index (κ3) is 27.5. The van der Waals surface area contributed by atoms with E-state index in [4.69, 9.17) is 59.1 Å². The van der Waals surface area contributed by atoms with Crippen molar-refractivity contribution in [2.75, 3.05) is 66.2 Å². The van der Waals surface area contributed by atoms with Crippen LogP contribution in [0.25, 0.3) is 44.8 Å². The van der Waals surface area contributed by atoms with Crippen LogP contribution in [0.4, 0.5) is 4.79 Å². The molecule has 584 valence electrons.